The summed E-state index contributed by atoms with van der Waals surface area (Å²) in [6, 6.07) is 12.0. The summed E-state index contributed by atoms with van der Waals surface area (Å²) in [6.45, 7) is 3.94. The Kier molecular flexibility index (Phi) is 7.02. The zero-order valence-electron chi connectivity index (χ0n) is 15.2. The van der Waals surface area contributed by atoms with Crippen LogP contribution in [0, 0.1) is 0 Å². The van der Waals surface area contributed by atoms with Gasteiger partial charge in [0.2, 0.25) is 0 Å². The third kappa shape index (κ3) is 5.51. The molecule has 0 fully saturated rings. The molecule has 2 aromatic rings. The molecule has 0 unspecified atom stereocenters. The van der Waals surface area contributed by atoms with Gasteiger partial charge in [-0.25, -0.2) is 0 Å². The average Bonchev–Trinajstić information content (AvgIpc) is 2.64. The van der Waals surface area contributed by atoms with Crippen LogP contribution in [0.5, 0.6) is 17.2 Å². The van der Waals surface area contributed by atoms with E-state index in [0.717, 1.165) is 6.42 Å². The number of ketones is 1. The largest absolute Gasteiger partial charge is 0.494 e. The minimum absolute atomic E-state index is 0.0715. The highest BCUT2D eigenvalue weighted by Crippen LogP contribution is 2.28. The second kappa shape index (κ2) is 9.46. The summed E-state index contributed by atoms with van der Waals surface area (Å²) in [6.07, 6.45) is 0.911. The van der Waals surface area contributed by atoms with Gasteiger partial charge in [-0.15, -0.1) is 0 Å². The van der Waals surface area contributed by atoms with E-state index >= 15 is 0 Å². The first-order chi connectivity index (χ1) is 12.5. The van der Waals surface area contributed by atoms with E-state index in [1.165, 1.54) is 14.0 Å². The van der Waals surface area contributed by atoms with Crippen LogP contribution in [0.25, 0.3) is 0 Å². The molecule has 1 amide bonds. The highest BCUT2D eigenvalue weighted by atomic mass is 16.5. The number of carbonyl (C=O) groups excluding carboxylic acids is 2. The lowest BCUT2D eigenvalue weighted by Crippen LogP contribution is -2.20. The number of nitrogens with one attached hydrogen (secondary N) is 1. The summed E-state index contributed by atoms with van der Waals surface area (Å²) in [5.74, 6) is 1.12. The number of hydrogen-bond donors (Lipinski definition) is 1. The Morgan fingerprint density at radius 2 is 1.85 bits per heavy atom. The van der Waals surface area contributed by atoms with Crippen molar-refractivity contribution in [2.24, 2.45) is 0 Å². The molecule has 1 N–H and O–H groups in total. The SMILES string of the molecule is CCCOc1cccc(NC(=O)COc2ccc(C(C)=O)cc2OC)c1. The van der Waals surface area contributed by atoms with Gasteiger partial charge in [-0.1, -0.05) is 13.0 Å². The third-order valence-corrected chi connectivity index (χ3v) is 3.52. The minimum Gasteiger partial charge on any atom is -0.494 e. The molecule has 6 nitrogen and oxygen atoms in total. The van der Waals surface area contributed by atoms with Crippen molar-refractivity contribution in [1.29, 1.82) is 0 Å². The van der Waals surface area contributed by atoms with Crippen LogP contribution < -0.4 is 19.5 Å². The van der Waals surface area contributed by atoms with Crippen LogP contribution in [-0.4, -0.2) is 32.0 Å². The minimum atomic E-state index is -0.310. The van der Waals surface area contributed by atoms with E-state index in [1.807, 2.05) is 19.1 Å². The van der Waals surface area contributed by atoms with Gasteiger partial charge in [0.25, 0.3) is 5.91 Å². The summed E-state index contributed by atoms with van der Waals surface area (Å²) in [4.78, 5) is 23.5. The fraction of sp³-hybridized carbons (Fsp3) is 0.300. The molecule has 0 bridgehead atoms. The maximum Gasteiger partial charge on any atom is 0.262 e. The molecule has 0 spiro atoms. The summed E-state index contributed by atoms with van der Waals surface area (Å²) in [5, 5.41) is 2.76. The highest BCUT2D eigenvalue weighted by Gasteiger charge is 2.11. The predicted molar refractivity (Wildman–Crippen MR) is 99.4 cm³/mol. The standard InChI is InChI=1S/C20H23NO5/c1-4-10-25-17-7-5-6-16(12-17)21-20(23)13-26-18-9-8-15(14(2)22)11-19(18)24-3/h5-9,11-12H,4,10,13H2,1-3H3,(H,21,23). The lowest BCUT2D eigenvalue weighted by atomic mass is 10.1. The Labute approximate surface area is 153 Å². The molecule has 2 aromatic carbocycles. The molecule has 0 radical (unpaired) electrons. The van der Waals surface area contributed by atoms with Crippen LogP contribution >= 0.6 is 0 Å². The Morgan fingerprint density at radius 1 is 1.04 bits per heavy atom. The maximum absolute atomic E-state index is 12.1. The fourth-order valence-corrected chi connectivity index (χ4v) is 2.23. The van der Waals surface area contributed by atoms with E-state index < -0.39 is 0 Å². The monoisotopic (exact) mass is 357 g/mol. The number of rotatable bonds is 9. The van der Waals surface area contributed by atoms with Crippen molar-refractivity contribution in [2.45, 2.75) is 20.3 Å². The molecule has 0 aliphatic rings. The lowest BCUT2D eigenvalue weighted by molar-refractivity contribution is -0.118. The molecule has 2 rings (SSSR count). The van der Waals surface area contributed by atoms with Gasteiger partial charge < -0.3 is 19.5 Å². The smallest absolute Gasteiger partial charge is 0.262 e. The summed E-state index contributed by atoms with van der Waals surface area (Å²) in [7, 11) is 1.48. The van der Waals surface area contributed by atoms with Gasteiger partial charge in [0.15, 0.2) is 23.9 Å². The number of methoxy groups -OCH3 is 1. The zero-order chi connectivity index (χ0) is 18.9. The topological polar surface area (TPSA) is 73.9 Å². The van der Waals surface area contributed by atoms with Gasteiger partial charge in [-0.2, -0.15) is 0 Å². The summed E-state index contributed by atoms with van der Waals surface area (Å²) in [5.41, 5.74) is 1.15. The van der Waals surface area contributed by atoms with Gasteiger partial charge in [0.05, 0.1) is 13.7 Å². The van der Waals surface area contributed by atoms with Crippen LogP contribution in [0.4, 0.5) is 5.69 Å². The molecule has 0 saturated carbocycles. The van der Waals surface area contributed by atoms with Gasteiger partial charge in [-0.05, 0) is 43.7 Å². The Morgan fingerprint density at radius 3 is 2.54 bits per heavy atom. The highest BCUT2D eigenvalue weighted by molar-refractivity contribution is 5.95. The van der Waals surface area contributed by atoms with Gasteiger partial charge in [0.1, 0.15) is 5.75 Å². The number of anilines is 1. The molecule has 0 aliphatic carbocycles. The molecule has 138 valence electrons. The number of benzene rings is 2. The quantitative estimate of drug-likeness (QED) is 0.693. The van der Waals surface area contributed by atoms with E-state index in [2.05, 4.69) is 5.32 Å². The fourth-order valence-electron chi connectivity index (χ4n) is 2.23. The number of carbonyl (C=O) groups is 2. The van der Waals surface area contributed by atoms with Crippen molar-refractivity contribution in [2.75, 3.05) is 25.6 Å². The van der Waals surface area contributed by atoms with Crippen molar-refractivity contribution < 1.29 is 23.8 Å². The number of ether oxygens (including phenoxy) is 3. The average molecular weight is 357 g/mol. The molecular weight excluding hydrogens is 334 g/mol. The first-order valence-corrected chi connectivity index (χ1v) is 8.38. The maximum atomic E-state index is 12.1. The van der Waals surface area contributed by atoms with Crippen LogP contribution in [0.15, 0.2) is 42.5 Å². The summed E-state index contributed by atoms with van der Waals surface area (Å²) >= 11 is 0. The van der Waals surface area contributed by atoms with E-state index in [-0.39, 0.29) is 18.3 Å². The first-order valence-electron chi connectivity index (χ1n) is 8.38. The molecule has 26 heavy (non-hydrogen) atoms. The second-order valence-corrected chi connectivity index (χ2v) is 5.63. The molecule has 0 heterocycles. The van der Waals surface area contributed by atoms with E-state index in [0.29, 0.717) is 35.1 Å². The van der Waals surface area contributed by atoms with E-state index in [1.54, 1.807) is 30.3 Å². The number of Topliss-reactive ketones (excluding diaryl/α,β-unsaturated/α-hetero) is 1. The van der Waals surface area contributed by atoms with Crippen molar-refractivity contribution >= 4 is 17.4 Å². The second-order valence-electron chi connectivity index (χ2n) is 5.63. The predicted octanol–water partition coefficient (Wildman–Crippen LogP) is 3.70. The van der Waals surface area contributed by atoms with Crippen molar-refractivity contribution in [3.63, 3.8) is 0 Å². The Hall–Kier alpha value is -3.02. The van der Waals surface area contributed by atoms with Crippen molar-refractivity contribution in [3.05, 3.63) is 48.0 Å². The van der Waals surface area contributed by atoms with Crippen molar-refractivity contribution in [1.82, 2.24) is 0 Å². The van der Waals surface area contributed by atoms with Gasteiger partial charge in [-0.3, -0.25) is 9.59 Å². The van der Waals surface area contributed by atoms with Crippen molar-refractivity contribution in [3.8, 4) is 17.2 Å². The molecular formula is C20H23NO5. The molecule has 6 heteroatoms. The van der Waals surface area contributed by atoms with E-state index in [9.17, 15) is 9.59 Å². The van der Waals surface area contributed by atoms with Crippen LogP contribution in [0.1, 0.15) is 30.6 Å². The number of amides is 1. The van der Waals surface area contributed by atoms with Crippen LogP contribution in [0.2, 0.25) is 0 Å². The Bertz CT molecular complexity index is 773. The Balaban J connectivity index is 1.95. The van der Waals surface area contributed by atoms with Gasteiger partial charge in [0, 0.05) is 17.3 Å². The van der Waals surface area contributed by atoms with Crippen LogP contribution in [0.3, 0.4) is 0 Å². The molecule has 0 atom stereocenters. The first kappa shape index (κ1) is 19.3. The summed E-state index contributed by atoms with van der Waals surface area (Å²) < 4.78 is 16.3. The molecule has 0 saturated heterocycles. The van der Waals surface area contributed by atoms with Gasteiger partial charge >= 0.3 is 0 Å². The van der Waals surface area contributed by atoms with Crippen LogP contribution in [-0.2, 0) is 4.79 Å². The normalized spacial score (nSPS) is 10.1. The zero-order valence-corrected chi connectivity index (χ0v) is 15.2. The number of hydrogen-bond acceptors (Lipinski definition) is 5. The molecule has 0 aliphatic heterocycles. The van der Waals surface area contributed by atoms with E-state index in [4.69, 9.17) is 14.2 Å². The molecule has 0 aromatic heterocycles. The lowest BCUT2D eigenvalue weighted by Gasteiger charge is -2.12. The third-order valence-electron chi connectivity index (χ3n) is 3.52.